The van der Waals surface area contributed by atoms with Crippen LogP contribution in [-0.2, 0) is 20.6 Å². The predicted octanol–water partition coefficient (Wildman–Crippen LogP) is 2.64. The molecule has 144 valence electrons. The monoisotopic (exact) mass is 398 g/mol. The highest BCUT2D eigenvalue weighted by molar-refractivity contribution is 7.88. The van der Waals surface area contributed by atoms with Crippen LogP contribution >= 0.6 is 0 Å². The van der Waals surface area contributed by atoms with E-state index in [2.05, 4.69) is 4.72 Å². The summed E-state index contributed by atoms with van der Waals surface area (Å²) < 4.78 is 66.7. The summed E-state index contributed by atoms with van der Waals surface area (Å²) in [6.45, 7) is 1.84. The molecule has 0 unspecified atom stereocenters. The first-order valence-electron chi connectivity index (χ1n) is 8.17. The van der Waals surface area contributed by atoms with Crippen LogP contribution in [0, 0.1) is 24.4 Å². The van der Waals surface area contributed by atoms with Crippen molar-refractivity contribution in [1.82, 2.24) is 4.72 Å². The predicted molar refractivity (Wildman–Crippen MR) is 94.0 cm³/mol. The Kier molecular flexibility index (Phi) is 5.25. The van der Waals surface area contributed by atoms with Crippen molar-refractivity contribution in [2.45, 2.75) is 25.1 Å². The lowest BCUT2D eigenvalue weighted by Gasteiger charge is -2.18. The van der Waals surface area contributed by atoms with Gasteiger partial charge in [-0.1, -0.05) is 0 Å². The molecule has 1 heterocycles. The summed E-state index contributed by atoms with van der Waals surface area (Å²) in [5.74, 6) is -3.27. The van der Waals surface area contributed by atoms with Crippen molar-refractivity contribution >= 4 is 21.6 Å². The quantitative estimate of drug-likeness (QED) is 0.842. The molecule has 27 heavy (non-hydrogen) atoms. The van der Waals surface area contributed by atoms with Crippen LogP contribution in [0.25, 0.3) is 0 Å². The minimum absolute atomic E-state index is 0.0588. The molecule has 0 spiro atoms. The summed E-state index contributed by atoms with van der Waals surface area (Å²) in [6.07, 6.45) is 0.228. The molecule has 1 atom stereocenters. The average molecular weight is 398 g/mol. The number of amides is 1. The Hall–Kier alpha value is -2.39. The molecule has 5 nitrogen and oxygen atoms in total. The second-order valence-corrected chi connectivity index (χ2v) is 8.17. The van der Waals surface area contributed by atoms with Gasteiger partial charge in [-0.05, 0) is 54.8 Å². The molecule has 1 amide bonds. The maximum Gasteiger partial charge on any atom is 0.245 e. The van der Waals surface area contributed by atoms with Gasteiger partial charge >= 0.3 is 0 Å². The second-order valence-electron chi connectivity index (χ2n) is 6.42. The third-order valence-corrected chi connectivity index (χ3v) is 5.62. The highest BCUT2D eigenvalue weighted by atomic mass is 32.2. The van der Waals surface area contributed by atoms with Crippen LogP contribution in [0.1, 0.15) is 17.5 Å². The van der Waals surface area contributed by atoms with E-state index in [0.29, 0.717) is 17.3 Å². The molecule has 1 aliphatic heterocycles. The average Bonchev–Trinajstić information content (AvgIpc) is 2.89. The van der Waals surface area contributed by atoms with E-state index in [4.69, 9.17) is 0 Å². The van der Waals surface area contributed by atoms with E-state index in [1.165, 1.54) is 23.1 Å². The van der Waals surface area contributed by atoms with Gasteiger partial charge in [0.05, 0.1) is 5.75 Å². The number of halogens is 3. The molecular formula is C18H17F3N2O3S. The van der Waals surface area contributed by atoms with Gasteiger partial charge in [0, 0.05) is 18.3 Å². The number of carbonyl (C=O) groups is 1. The Morgan fingerprint density at radius 3 is 2.41 bits per heavy atom. The van der Waals surface area contributed by atoms with E-state index in [0.717, 1.165) is 12.1 Å². The van der Waals surface area contributed by atoms with Gasteiger partial charge in [0.15, 0.2) is 0 Å². The summed E-state index contributed by atoms with van der Waals surface area (Å²) in [6, 6.07) is 5.71. The molecule has 0 aromatic heterocycles. The zero-order chi connectivity index (χ0) is 19.8. The van der Waals surface area contributed by atoms with Crippen molar-refractivity contribution in [3.8, 4) is 0 Å². The lowest BCUT2D eigenvalue weighted by molar-refractivity contribution is -0.118. The van der Waals surface area contributed by atoms with E-state index >= 15 is 0 Å². The highest BCUT2D eigenvalue weighted by Gasteiger charge is 2.35. The summed E-state index contributed by atoms with van der Waals surface area (Å²) >= 11 is 0. The van der Waals surface area contributed by atoms with Gasteiger partial charge in [-0.2, -0.15) is 0 Å². The van der Waals surface area contributed by atoms with E-state index in [-0.39, 0.29) is 18.5 Å². The number of hydrogen-bond acceptors (Lipinski definition) is 3. The highest BCUT2D eigenvalue weighted by Crippen LogP contribution is 2.24. The summed E-state index contributed by atoms with van der Waals surface area (Å²) in [5, 5.41) is 0. The molecule has 1 N–H and O–H groups in total. The number of aryl methyl sites for hydroxylation is 1. The van der Waals surface area contributed by atoms with Crippen molar-refractivity contribution in [3.63, 3.8) is 0 Å². The maximum atomic E-state index is 13.4. The lowest BCUT2D eigenvalue weighted by Crippen LogP contribution is -2.42. The minimum atomic E-state index is -4.00. The number of benzene rings is 2. The first kappa shape index (κ1) is 19.4. The first-order chi connectivity index (χ1) is 12.6. The van der Waals surface area contributed by atoms with Gasteiger partial charge < -0.3 is 4.90 Å². The van der Waals surface area contributed by atoms with Crippen LogP contribution in [0.15, 0.2) is 36.4 Å². The van der Waals surface area contributed by atoms with E-state index in [1.807, 2.05) is 0 Å². The third-order valence-electron chi connectivity index (χ3n) is 4.26. The first-order valence-corrected chi connectivity index (χ1v) is 9.82. The standard InChI is InChI=1S/C18H17F3N2O3S/c1-11-6-15(2-3-16(11)21)23-5-4-17(18(23)24)22-27(25,26)10-12-7-13(19)9-14(20)8-12/h2-3,6-9,17,22H,4-5,10H2,1H3/t17-/m0/s1. The molecule has 0 bridgehead atoms. The summed E-state index contributed by atoms with van der Waals surface area (Å²) in [5.41, 5.74) is 0.793. The number of nitrogens with zero attached hydrogens (tertiary/aromatic N) is 1. The lowest BCUT2D eigenvalue weighted by atomic mass is 10.2. The molecule has 9 heteroatoms. The second kappa shape index (κ2) is 7.32. The summed E-state index contributed by atoms with van der Waals surface area (Å²) in [4.78, 5) is 13.9. The van der Waals surface area contributed by atoms with Crippen molar-refractivity contribution in [3.05, 3.63) is 65.0 Å². The van der Waals surface area contributed by atoms with Gasteiger partial charge in [-0.15, -0.1) is 0 Å². The Morgan fingerprint density at radius 2 is 1.78 bits per heavy atom. The van der Waals surface area contributed by atoms with Crippen molar-refractivity contribution in [2.75, 3.05) is 11.4 Å². The fourth-order valence-electron chi connectivity index (χ4n) is 3.01. The smallest absolute Gasteiger partial charge is 0.245 e. The van der Waals surface area contributed by atoms with Crippen LogP contribution in [0.2, 0.25) is 0 Å². The van der Waals surface area contributed by atoms with Crippen LogP contribution in [-0.4, -0.2) is 26.9 Å². The Bertz CT molecular complexity index is 975. The van der Waals surface area contributed by atoms with Crippen LogP contribution in [0.4, 0.5) is 18.9 Å². The Labute approximate surface area is 154 Å². The van der Waals surface area contributed by atoms with E-state index < -0.39 is 45.2 Å². The third kappa shape index (κ3) is 4.48. The van der Waals surface area contributed by atoms with Gasteiger partial charge in [-0.3, -0.25) is 4.79 Å². The van der Waals surface area contributed by atoms with Gasteiger partial charge in [0.25, 0.3) is 0 Å². The molecule has 2 aromatic rings. The van der Waals surface area contributed by atoms with Crippen molar-refractivity contribution in [2.24, 2.45) is 0 Å². The topological polar surface area (TPSA) is 66.5 Å². The molecular weight excluding hydrogens is 381 g/mol. The van der Waals surface area contributed by atoms with E-state index in [1.54, 1.807) is 6.92 Å². The maximum absolute atomic E-state index is 13.4. The zero-order valence-corrected chi connectivity index (χ0v) is 15.2. The van der Waals surface area contributed by atoms with Crippen molar-refractivity contribution in [1.29, 1.82) is 0 Å². The number of hydrogen-bond donors (Lipinski definition) is 1. The summed E-state index contributed by atoms with van der Waals surface area (Å²) in [7, 11) is -4.00. The molecule has 3 rings (SSSR count). The number of nitrogens with one attached hydrogen (secondary N) is 1. The molecule has 1 aliphatic rings. The largest absolute Gasteiger partial charge is 0.311 e. The Balaban J connectivity index is 1.72. The minimum Gasteiger partial charge on any atom is -0.311 e. The fourth-order valence-corrected chi connectivity index (χ4v) is 4.36. The number of sulfonamides is 1. The van der Waals surface area contributed by atoms with Crippen LogP contribution in [0.3, 0.4) is 0 Å². The number of carbonyl (C=O) groups excluding carboxylic acids is 1. The van der Waals surface area contributed by atoms with Crippen LogP contribution < -0.4 is 9.62 Å². The van der Waals surface area contributed by atoms with Crippen LogP contribution in [0.5, 0.6) is 0 Å². The van der Waals surface area contributed by atoms with E-state index in [9.17, 15) is 26.4 Å². The van der Waals surface area contributed by atoms with Gasteiger partial charge in [0.2, 0.25) is 15.9 Å². The van der Waals surface area contributed by atoms with Gasteiger partial charge in [-0.25, -0.2) is 26.3 Å². The number of anilines is 1. The SMILES string of the molecule is Cc1cc(N2CC[C@H](NS(=O)(=O)Cc3cc(F)cc(F)c3)C2=O)ccc1F. The molecule has 1 saturated heterocycles. The van der Waals surface area contributed by atoms with Crippen molar-refractivity contribution < 1.29 is 26.4 Å². The molecule has 2 aromatic carbocycles. The normalized spacial score (nSPS) is 17.6. The fraction of sp³-hybridized carbons (Fsp3) is 0.278. The molecule has 0 aliphatic carbocycles. The Morgan fingerprint density at radius 1 is 1.11 bits per heavy atom. The van der Waals surface area contributed by atoms with Gasteiger partial charge in [0.1, 0.15) is 23.5 Å². The molecule has 0 radical (unpaired) electrons. The number of rotatable bonds is 5. The molecule has 1 fully saturated rings. The zero-order valence-electron chi connectivity index (χ0n) is 14.4. The molecule has 0 saturated carbocycles.